The number of nitrogens with zero attached hydrogens (tertiary/aromatic N) is 4. The van der Waals surface area contributed by atoms with Gasteiger partial charge in [-0.05, 0) is 33.3 Å². The molecule has 21 heavy (non-hydrogen) atoms. The maximum Gasteiger partial charge on any atom is 0.127 e. The molecule has 2 heterocycles. The molecule has 3 rings (SSSR count). The molecule has 1 aromatic carbocycles. The summed E-state index contributed by atoms with van der Waals surface area (Å²) in [6.45, 7) is 7.97. The van der Waals surface area contributed by atoms with Crippen molar-refractivity contribution in [3.63, 3.8) is 0 Å². The summed E-state index contributed by atoms with van der Waals surface area (Å²) in [6.07, 6.45) is 2.98. The summed E-state index contributed by atoms with van der Waals surface area (Å²) >= 11 is 0. The zero-order valence-electron chi connectivity index (χ0n) is 12.8. The number of aromatic nitrogens is 3. The maximum absolute atomic E-state index is 13.9. The van der Waals surface area contributed by atoms with Gasteiger partial charge in [-0.1, -0.05) is 23.4 Å². The summed E-state index contributed by atoms with van der Waals surface area (Å²) in [5.74, 6) is -0.120. The molecule has 1 atom stereocenters. The van der Waals surface area contributed by atoms with E-state index < -0.39 is 0 Å². The summed E-state index contributed by atoms with van der Waals surface area (Å²) in [6, 6.07) is 7.19. The Kier molecular flexibility index (Phi) is 3.53. The van der Waals surface area contributed by atoms with Gasteiger partial charge in [0.2, 0.25) is 0 Å². The van der Waals surface area contributed by atoms with Crippen LogP contribution >= 0.6 is 0 Å². The SMILES string of the molecule is CC(C)(C)n1cc(CN2CC[C@H]2c2ccccc2F)nn1. The van der Waals surface area contributed by atoms with Gasteiger partial charge >= 0.3 is 0 Å². The second-order valence-corrected chi connectivity index (χ2v) is 6.62. The first-order valence-corrected chi connectivity index (χ1v) is 7.35. The second kappa shape index (κ2) is 5.22. The molecule has 1 aromatic heterocycles. The molecule has 1 aliphatic heterocycles. The molecule has 0 amide bonds. The first kappa shape index (κ1) is 14.2. The van der Waals surface area contributed by atoms with E-state index in [9.17, 15) is 4.39 Å². The first-order chi connectivity index (χ1) is 9.95. The summed E-state index contributed by atoms with van der Waals surface area (Å²) in [5.41, 5.74) is 1.66. The second-order valence-electron chi connectivity index (χ2n) is 6.62. The zero-order chi connectivity index (χ0) is 15.0. The molecular weight excluding hydrogens is 267 g/mol. The van der Waals surface area contributed by atoms with Gasteiger partial charge in [0.15, 0.2) is 0 Å². The van der Waals surface area contributed by atoms with Crippen LogP contribution in [0, 0.1) is 5.82 Å². The predicted octanol–water partition coefficient (Wildman–Crippen LogP) is 3.12. The standard InChI is InChI=1S/C16H21FN4/c1-16(2,3)21-11-12(18-19-21)10-20-9-8-15(20)13-6-4-5-7-14(13)17/h4-7,11,15H,8-10H2,1-3H3/t15-/m0/s1. The van der Waals surface area contributed by atoms with Crippen molar-refractivity contribution in [2.24, 2.45) is 0 Å². The molecule has 2 aromatic rings. The van der Waals surface area contributed by atoms with Gasteiger partial charge in [0.05, 0.1) is 17.4 Å². The van der Waals surface area contributed by atoms with Crippen molar-refractivity contribution in [1.29, 1.82) is 0 Å². The van der Waals surface area contributed by atoms with E-state index in [0.29, 0.717) is 0 Å². The highest BCUT2D eigenvalue weighted by molar-refractivity contribution is 5.23. The molecular formula is C16H21FN4. The Bertz CT molecular complexity index is 629. The molecule has 1 aliphatic rings. The average Bonchev–Trinajstić information content (AvgIpc) is 2.86. The van der Waals surface area contributed by atoms with Crippen LogP contribution in [0.25, 0.3) is 0 Å². The molecule has 0 spiro atoms. The fourth-order valence-corrected chi connectivity index (χ4v) is 2.63. The summed E-state index contributed by atoms with van der Waals surface area (Å²) < 4.78 is 15.7. The number of hydrogen-bond donors (Lipinski definition) is 0. The molecule has 0 N–H and O–H groups in total. The smallest absolute Gasteiger partial charge is 0.127 e. The highest BCUT2D eigenvalue weighted by atomic mass is 19.1. The highest BCUT2D eigenvalue weighted by Crippen LogP contribution is 2.35. The first-order valence-electron chi connectivity index (χ1n) is 7.35. The molecule has 4 nitrogen and oxygen atoms in total. The third-order valence-electron chi connectivity index (χ3n) is 3.99. The van der Waals surface area contributed by atoms with E-state index in [4.69, 9.17) is 0 Å². The molecule has 0 unspecified atom stereocenters. The van der Waals surface area contributed by atoms with Crippen LogP contribution in [0.5, 0.6) is 0 Å². The predicted molar refractivity (Wildman–Crippen MR) is 79.2 cm³/mol. The van der Waals surface area contributed by atoms with Crippen LogP contribution in [0.3, 0.4) is 0 Å². The van der Waals surface area contributed by atoms with Crippen molar-refractivity contribution in [3.8, 4) is 0 Å². The van der Waals surface area contributed by atoms with Crippen LogP contribution in [0.1, 0.15) is 44.5 Å². The average molecular weight is 288 g/mol. The van der Waals surface area contributed by atoms with Gasteiger partial charge in [0.25, 0.3) is 0 Å². The Labute approximate surface area is 124 Å². The van der Waals surface area contributed by atoms with Crippen molar-refractivity contribution in [2.75, 3.05) is 6.54 Å². The number of likely N-dealkylation sites (tertiary alicyclic amines) is 1. The van der Waals surface area contributed by atoms with Crippen molar-refractivity contribution >= 4 is 0 Å². The van der Waals surface area contributed by atoms with Crippen molar-refractivity contribution < 1.29 is 4.39 Å². The molecule has 112 valence electrons. The maximum atomic E-state index is 13.9. The van der Waals surface area contributed by atoms with Gasteiger partial charge < -0.3 is 0 Å². The Balaban J connectivity index is 1.72. The van der Waals surface area contributed by atoms with E-state index in [0.717, 1.165) is 30.8 Å². The van der Waals surface area contributed by atoms with Crippen molar-refractivity contribution in [2.45, 2.75) is 45.3 Å². The number of hydrogen-bond acceptors (Lipinski definition) is 3. The van der Waals surface area contributed by atoms with Crippen LogP contribution < -0.4 is 0 Å². The van der Waals surface area contributed by atoms with Gasteiger partial charge in [-0.2, -0.15) is 0 Å². The Morgan fingerprint density at radius 2 is 2.05 bits per heavy atom. The fourth-order valence-electron chi connectivity index (χ4n) is 2.63. The van der Waals surface area contributed by atoms with E-state index in [1.807, 2.05) is 23.0 Å². The van der Waals surface area contributed by atoms with Crippen LogP contribution in [0.15, 0.2) is 30.5 Å². The normalized spacial score (nSPS) is 19.5. The van der Waals surface area contributed by atoms with E-state index >= 15 is 0 Å². The third kappa shape index (κ3) is 2.83. The molecule has 0 radical (unpaired) electrons. The fraction of sp³-hybridized carbons (Fsp3) is 0.500. The highest BCUT2D eigenvalue weighted by Gasteiger charge is 2.31. The molecule has 0 aliphatic carbocycles. The minimum atomic E-state index is -0.120. The molecule has 1 fully saturated rings. The van der Waals surface area contributed by atoms with E-state index in [1.165, 1.54) is 6.07 Å². The quantitative estimate of drug-likeness (QED) is 0.870. The zero-order valence-corrected chi connectivity index (χ0v) is 12.8. The molecule has 0 saturated carbocycles. The lowest BCUT2D eigenvalue weighted by Gasteiger charge is -2.40. The van der Waals surface area contributed by atoms with Gasteiger partial charge in [0, 0.05) is 24.7 Å². The largest absolute Gasteiger partial charge is 0.290 e. The lowest BCUT2D eigenvalue weighted by molar-refractivity contribution is 0.0776. The number of benzene rings is 1. The van der Waals surface area contributed by atoms with Crippen molar-refractivity contribution in [3.05, 3.63) is 47.5 Å². The van der Waals surface area contributed by atoms with Crippen LogP contribution in [-0.4, -0.2) is 26.4 Å². The minimum Gasteiger partial charge on any atom is -0.290 e. The van der Waals surface area contributed by atoms with Crippen molar-refractivity contribution in [1.82, 2.24) is 19.9 Å². The Morgan fingerprint density at radius 1 is 1.29 bits per heavy atom. The van der Waals surface area contributed by atoms with Crippen LogP contribution in [0.2, 0.25) is 0 Å². The van der Waals surface area contributed by atoms with Gasteiger partial charge in [-0.3, -0.25) is 4.90 Å². The molecule has 5 heteroatoms. The third-order valence-corrected chi connectivity index (χ3v) is 3.99. The van der Waals surface area contributed by atoms with Gasteiger partial charge in [0.1, 0.15) is 5.82 Å². The van der Waals surface area contributed by atoms with E-state index in [-0.39, 0.29) is 17.4 Å². The Hall–Kier alpha value is -1.75. The van der Waals surface area contributed by atoms with Crippen LogP contribution in [-0.2, 0) is 12.1 Å². The summed E-state index contributed by atoms with van der Waals surface area (Å²) in [4.78, 5) is 2.25. The van der Waals surface area contributed by atoms with Gasteiger partial charge in [-0.25, -0.2) is 9.07 Å². The molecule has 1 saturated heterocycles. The summed E-state index contributed by atoms with van der Waals surface area (Å²) in [7, 11) is 0. The Morgan fingerprint density at radius 3 is 2.62 bits per heavy atom. The number of rotatable bonds is 3. The topological polar surface area (TPSA) is 34.0 Å². The van der Waals surface area contributed by atoms with Gasteiger partial charge in [-0.15, -0.1) is 5.10 Å². The monoisotopic (exact) mass is 288 g/mol. The lowest BCUT2D eigenvalue weighted by atomic mass is 9.94. The summed E-state index contributed by atoms with van der Waals surface area (Å²) in [5, 5.41) is 8.41. The van der Waals surface area contributed by atoms with E-state index in [2.05, 4.69) is 36.0 Å². The van der Waals surface area contributed by atoms with Crippen LogP contribution in [0.4, 0.5) is 4.39 Å². The lowest BCUT2D eigenvalue weighted by Crippen LogP contribution is -2.40. The molecule has 0 bridgehead atoms. The minimum absolute atomic E-state index is 0.0643. The van der Waals surface area contributed by atoms with E-state index in [1.54, 1.807) is 6.07 Å². The number of halogens is 1.